The van der Waals surface area contributed by atoms with Crippen LogP contribution in [0.4, 0.5) is 0 Å². The van der Waals surface area contributed by atoms with Crippen molar-refractivity contribution in [2.24, 2.45) is 4.99 Å². The summed E-state index contributed by atoms with van der Waals surface area (Å²) in [5.41, 5.74) is -2.98. The summed E-state index contributed by atoms with van der Waals surface area (Å²) in [5.74, 6) is -2.39. The molecule has 2 aliphatic carbocycles. The summed E-state index contributed by atoms with van der Waals surface area (Å²) in [4.78, 5) is 44.4. The lowest BCUT2D eigenvalue weighted by atomic mass is 9.69. The third-order valence-electron chi connectivity index (χ3n) is 10.5. The number of nitrogens with one attached hydrogen (secondary N) is 1. The number of fused-ring (bicyclic) bond motifs is 8. The fourth-order valence-electron chi connectivity index (χ4n) is 8.28. The SMILES string of the molecule is CC(=O)[C@]1(O)[C@H](C)O[C@@H](O[C@@H]2c3cc4c(c(O)c3[C@@H]3C[C@@]2(C)O[C@]32C=C3CCN=C3N2)C(=O)c2cccc(O)c2C4=O)C[C@@H]1O. The number of aliphatic hydroxyl groups is 2. The molecular formula is C33H32N2O10. The van der Waals surface area contributed by atoms with E-state index in [0.29, 0.717) is 29.9 Å². The molecule has 12 nitrogen and oxygen atoms in total. The quantitative estimate of drug-likeness (QED) is 0.290. The number of ketones is 3. The van der Waals surface area contributed by atoms with Crippen molar-refractivity contribution in [3.8, 4) is 11.5 Å². The lowest BCUT2D eigenvalue weighted by Crippen LogP contribution is -2.62. The maximum Gasteiger partial charge on any atom is 0.198 e. The van der Waals surface area contributed by atoms with Gasteiger partial charge in [0.1, 0.15) is 23.4 Å². The van der Waals surface area contributed by atoms with Gasteiger partial charge in [0.2, 0.25) is 0 Å². The molecule has 0 unspecified atom stereocenters. The van der Waals surface area contributed by atoms with E-state index in [0.717, 1.165) is 12.0 Å². The molecule has 0 aromatic heterocycles. The van der Waals surface area contributed by atoms with Crippen molar-refractivity contribution in [2.45, 2.75) is 87.5 Å². The summed E-state index contributed by atoms with van der Waals surface area (Å²) in [6, 6.07) is 5.76. The van der Waals surface area contributed by atoms with Gasteiger partial charge in [-0.2, -0.15) is 0 Å². The van der Waals surface area contributed by atoms with Crippen LogP contribution < -0.4 is 5.32 Å². The highest BCUT2D eigenvalue weighted by Crippen LogP contribution is 2.63. The number of amidine groups is 1. The molecular weight excluding hydrogens is 584 g/mol. The molecule has 0 saturated carbocycles. The first kappa shape index (κ1) is 28.5. The van der Waals surface area contributed by atoms with Gasteiger partial charge in [0.25, 0.3) is 0 Å². The molecule has 5 N–H and O–H groups in total. The lowest BCUT2D eigenvalue weighted by Gasteiger charge is -2.46. The molecule has 8 atom stereocenters. The molecule has 4 heterocycles. The van der Waals surface area contributed by atoms with Gasteiger partial charge < -0.3 is 40.0 Å². The van der Waals surface area contributed by atoms with Crippen molar-refractivity contribution in [3.05, 3.63) is 69.3 Å². The summed E-state index contributed by atoms with van der Waals surface area (Å²) in [7, 11) is 0. The fourth-order valence-corrected chi connectivity index (χ4v) is 8.28. The highest BCUT2D eigenvalue weighted by molar-refractivity contribution is 6.30. The van der Waals surface area contributed by atoms with Gasteiger partial charge in [-0.1, -0.05) is 12.1 Å². The van der Waals surface area contributed by atoms with Crippen LogP contribution in [0.15, 0.2) is 40.9 Å². The third kappa shape index (κ3) is 3.59. The Labute approximate surface area is 257 Å². The zero-order valence-electron chi connectivity index (χ0n) is 24.8. The monoisotopic (exact) mass is 616 g/mol. The largest absolute Gasteiger partial charge is 0.507 e. The van der Waals surface area contributed by atoms with Gasteiger partial charge >= 0.3 is 0 Å². The minimum absolute atomic E-state index is 0.00452. The molecule has 2 saturated heterocycles. The molecule has 2 aromatic rings. The first-order valence-corrected chi connectivity index (χ1v) is 15.1. The molecule has 234 valence electrons. The second-order valence-electron chi connectivity index (χ2n) is 13.1. The highest BCUT2D eigenvalue weighted by Gasteiger charge is 2.65. The molecule has 6 aliphatic rings. The van der Waals surface area contributed by atoms with Crippen molar-refractivity contribution in [1.82, 2.24) is 5.32 Å². The van der Waals surface area contributed by atoms with Gasteiger partial charge in [-0.05, 0) is 63.0 Å². The van der Waals surface area contributed by atoms with Crippen LogP contribution in [0.3, 0.4) is 0 Å². The van der Waals surface area contributed by atoms with Crippen LogP contribution in [-0.2, 0) is 19.0 Å². The van der Waals surface area contributed by atoms with E-state index >= 15 is 0 Å². The maximum absolute atomic E-state index is 13.8. The molecule has 0 amide bonds. The van der Waals surface area contributed by atoms with Crippen molar-refractivity contribution in [3.63, 3.8) is 0 Å². The Morgan fingerprint density at radius 1 is 1.16 bits per heavy atom. The fraction of sp³-hybridized carbons (Fsp3) is 0.455. The van der Waals surface area contributed by atoms with Crippen molar-refractivity contribution < 1.29 is 49.0 Å². The Balaban J connectivity index is 1.29. The number of phenolic OH excluding ortho intramolecular Hbond substituents is 2. The predicted octanol–water partition coefficient (Wildman–Crippen LogP) is 2.05. The molecule has 2 bridgehead atoms. The van der Waals surface area contributed by atoms with Gasteiger partial charge in [0.15, 0.2) is 35.0 Å². The standard InChI is InChI=1S/C33H32N2O10/c1-13(36)33(42)14(2)43-22(10-21(33)38)44-29-18-9-17-25(26(39)16-5-4-6-20(37)24(16)27(17)40)28(41)23(18)19-12-31(29,3)45-32(19)11-15-7-8-34-30(15)35-32/h4-6,9,11,14,19,21-22,29,37-38,41-42H,7-8,10,12H2,1-3H3,(H,34,35)/t14-,19-,21-,22-,29+,31+,32+,33-/m0/s1. The van der Waals surface area contributed by atoms with Gasteiger partial charge in [-0.3, -0.25) is 19.4 Å². The number of phenols is 2. The van der Waals surface area contributed by atoms with E-state index in [4.69, 9.17) is 14.2 Å². The number of carbonyl (C=O) groups excluding carboxylic acids is 3. The molecule has 8 rings (SSSR count). The predicted molar refractivity (Wildman–Crippen MR) is 155 cm³/mol. The van der Waals surface area contributed by atoms with E-state index < -0.39 is 64.8 Å². The van der Waals surface area contributed by atoms with Gasteiger partial charge in [0.05, 0.1) is 28.9 Å². The van der Waals surface area contributed by atoms with E-state index in [2.05, 4.69) is 10.3 Å². The van der Waals surface area contributed by atoms with Crippen molar-refractivity contribution in [2.75, 3.05) is 6.54 Å². The molecule has 12 heteroatoms. The molecule has 2 aromatic carbocycles. The lowest BCUT2D eigenvalue weighted by molar-refractivity contribution is -0.301. The average molecular weight is 617 g/mol. The van der Waals surface area contributed by atoms with Crippen LogP contribution in [-0.4, -0.2) is 85.6 Å². The number of aromatic hydroxyl groups is 2. The number of hydrogen-bond acceptors (Lipinski definition) is 12. The third-order valence-corrected chi connectivity index (χ3v) is 10.5. The number of aliphatic hydroxyl groups excluding tert-OH is 1. The van der Waals surface area contributed by atoms with E-state index in [9.17, 15) is 34.8 Å². The van der Waals surface area contributed by atoms with E-state index in [1.165, 1.54) is 38.1 Å². The molecule has 45 heavy (non-hydrogen) atoms. The second kappa shape index (κ2) is 9.08. The first-order valence-electron chi connectivity index (χ1n) is 15.1. The summed E-state index contributed by atoms with van der Waals surface area (Å²) < 4.78 is 19.3. The minimum atomic E-state index is -2.12. The Kier molecular flexibility index (Phi) is 5.75. The second-order valence-corrected chi connectivity index (χ2v) is 13.1. The molecule has 1 spiro atoms. The van der Waals surface area contributed by atoms with Crippen molar-refractivity contribution in [1.29, 1.82) is 0 Å². The van der Waals surface area contributed by atoms with E-state index in [1.807, 2.05) is 13.0 Å². The van der Waals surface area contributed by atoms with E-state index in [1.54, 1.807) is 0 Å². The van der Waals surface area contributed by atoms with Crippen LogP contribution in [0.1, 0.15) is 95.0 Å². The average Bonchev–Trinajstić information content (AvgIpc) is 3.62. The Bertz CT molecular complexity index is 1800. The number of ether oxygens (including phenoxy) is 3. The van der Waals surface area contributed by atoms with Gasteiger partial charge in [-0.25, -0.2) is 0 Å². The molecule has 0 radical (unpaired) electrons. The van der Waals surface area contributed by atoms with Gasteiger partial charge in [-0.15, -0.1) is 0 Å². The Morgan fingerprint density at radius 2 is 1.91 bits per heavy atom. The normalized spacial score (nSPS) is 37.4. The Hall–Kier alpha value is -3.94. The van der Waals surface area contributed by atoms with Gasteiger partial charge in [0, 0.05) is 35.6 Å². The zero-order chi connectivity index (χ0) is 31.8. The van der Waals surface area contributed by atoms with Crippen molar-refractivity contribution >= 4 is 23.2 Å². The maximum atomic E-state index is 13.8. The molecule has 4 aliphatic heterocycles. The topological polar surface area (TPSA) is 184 Å². The number of nitrogens with zero attached hydrogens (tertiary/aromatic N) is 1. The van der Waals surface area contributed by atoms with Crippen LogP contribution in [0.5, 0.6) is 11.5 Å². The number of carbonyl (C=O) groups is 3. The summed E-state index contributed by atoms with van der Waals surface area (Å²) >= 11 is 0. The number of aliphatic imine (C=N–C) groups is 1. The van der Waals surface area contributed by atoms with E-state index in [-0.39, 0.29) is 40.2 Å². The first-order chi connectivity index (χ1) is 21.3. The van der Waals surface area contributed by atoms with Crippen LogP contribution in [0.2, 0.25) is 0 Å². The van der Waals surface area contributed by atoms with Crippen LogP contribution in [0.25, 0.3) is 0 Å². The minimum Gasteiger partial charge on any atom is -0.507 e. The van der Waals surface area contributed by atoms with Crippen LogP contribution >= 0.6 is 0 Å². The highest BCUT2D eigenvalue weighted by atomic mass is 16.7. The number of benzene rings is 2. The number of rotatable bonds is 3. The summed E-state index contributed by atoms with van der Waals surface area (Å²) in [6.45, 7) is 5.13. The molecule has 2 fully saturated rings. The number of hydrogen-bond donors (Lipinski definition) is 5. The van der Waals surface area contributed by atoms with Crippen LogP contribution in [0, 0.1) is 0 Å². The summed E-state index contributed by atoms with van der Waals surface area (Å²) in [5, 5.41) is 47.7. The number of Topliss-reactive ketones (excluding diaryl/α,β-unsaturated/α-hetero) is 1. The summed E-state index contributed by atoms with van der Waals surface area (Å²) in [6.07, 6.45) is -1.93. The Morgan fingerprint density at radius 3 is 2.62 bits per heavy atom. The smallest absolute Gasteiger partial charge is 0.198 e. The zero-order valence-corrected chi connectivity index (χ0v) is 24.8.